The fraction of sp³-hybridized carbons (Fsp3) is 0.346. The van der Waals surface area contributed by atoms with E-state index in [1.807, 2.05) is 29.2 Å². The first-order chi connectivity index (χ1) is 17.7. The van der Waals surface area contributed by atoms with E-state index in [0.29, 0.717) is 35.6 Å². The number of benzene rings is 1. The van der Waals surface area contributed by atoms with Gasteiger partial charge in [-0.2, -0.15) is 5.26 Å². The molecule has 1 aliphatic heterocycles. The Balaban J connectivity index is 1.58. The van der Waals surface area contributed by atoms with E-state index in [9.17, 15) is 10.1 Å². The van der Waals surface area contributed by atoms with Crippen molar-refractivity contribution in [3.05, 3.63) is 68.8 Å². The van der Waals surface area contributed by atoms with E-state index in [4.69, 9.17) is 10.5 Å². The van der Waals surface area contributed by atoms with Gasteiger partial charge in [-0.15, -0.1) is 16.4 Å². The first kappa shape index (κ1) is 25.0. The van der Waals surface area contributed by atoms with Crippen molar-refractivity contribution in [2.75, 3.05) is 12.0 Å². The number of hydrogen-bond donors (Lipinski definition) is 1. The van der Waals surface area contributed by atoms with E-state index in [1.165, 1.54) is 11.8 Å². The Hall–Kier alpha value is -3.62. The summed E-state index contributed by atoms with van der Waals surface area (Å²) in [4.78, 5) is 16.5. The van der Waals surface area contributed by atoms with Gasteiger partial charge in [-0.1, -0.05) is 25.6 Å². The van der Waals surface area contributed by atoms with Crippen molar-refractivity contribution in [3.8, 4) is 11.8 Å². The summed E-state index contributed by atoms with van der Waals surface area (Å²) in [6.45, 7) is 4.19. The smallest absolute Gasteiger partial charge is 0.209 e. The fourth-order valence-corrected chi connectivity index (χ4v) is 6.85. The molecule has 5 rings (SSSR count). The number of rotatable bonds is 6. The van der Waals surface area contributed by atoms with Crippen LogP contribution in [0, 0.1) is 16.7 Å². The number of ketones is 1. The molecule has 0 saturated carbocycles. The molecule has 1 aromatic carbocycles. The van der Waals surface area contributed by atoms with E-state index in [2.05, 4.69) is 46.9 Å². The molecule has 2 aromatic heterocycles. The molecule has 3 aromatic rings. The number of tetrazole rings is 1. The molecule has 11 heteroatoms. The Morgan fingerprint density at radius 3 is 2.70 bits per heavy atom. The molecule has 0 saturated heterocycles. The number of nitrogens with two attached hydrogens (primary N) is 1. The lowest BCUT2D eigenvalue weighted by Crippen LogP contribution is -2.42. The Kier molecular flexibility index (Phi) is 6.56. The summed E-state index contributed by atoms with van der Waals surface area (Å²) >= 11 is 3.08. The Morgan fingerprint density at radius 2 is 2.05 bits per heavy atom. The van der Waals surface area contributed by atoms with Gasteiger partial charge in [0.25, 0.3) is 0 Å². The molecular formula is C26H27N7O2S2. The first-order valence-electron chi connectivity index (χ1n) is 11.7. The molecule has 190 valence electrons. The number of thioether (sulfide) groups is 1. The molecule has 9 nitrogen and oxygen atoms in total. The lowest BCUT2D eigenvalue weighted by molar-refractivity contribution is -0.118. The Morgan fingerprint density at radius 1 is 1.30 bits per heavy atom. The number of carbonyl (C=O) groups is 1. The highest BCUT2D eigenvalue weighted by Gasteiger charge is 2.45. The van der Waals surface area contributed by atoms with E-state index in [0.717, 1.165) is 32.7 Å². The average molecular weight is 534 g/mol. The summed E-state index contributed by atoms with van der Waals surface area (Å²) < 4.78 is 6.95. The quantitative estimate of drug-likeness (QED) is 0.456. The summed E-state index contributed by atoms with van der Waals surface area (Å²) in [6.07, 6.45) is 1.09. The number of aryl methyl sites for hydroxylation is 1. The summed E-state index contributed by atoms with van der Waals surface area (Å²) in [5.74, 6) is 1.32. The van der Waals surface area contributed by atoms with Gasteiger partial charge in [0.2, 0.25) is 5.16 Å². The maximum absolute atomic E-state index is 13.7. The number of aromatic nitrogens is 4. The van der Waals surface area contributed by atoms with Gasteiger partial charge < -0.3 is 10.5 Å². The lowest BCUT2D eigenvalue weighted by Gasteiger charge is -2.43. The maximum atomic E-state index is 13.7. The van der Waals surface area contributed by atoms with Crippen LogP contribution in [0.2, 0.25) is 0 Å². The number of methoxy groups -OCH3 is 1. The van der Waals surface area contributed by atoms with Crippen LogP contribution in [0.25, 0.3) is 0 Å². The molecule has 1 unspecified atom stereocenters. The standard InChI is InChI=1S/C26H27N7O2S2/c1-26(2)10-19-23(20(34)11-26)22(21-9-15(13-36-21)14-37-25-29-30-31-32(25)3)18(12-27)24(28)33(19)16-5-7-17(35-4)8-6-16/h5-9,13,22H,10-11,14,28H2,1-4H3. The summed E-state index contributed by atoms with van der Waals surface area (Å²) in [7, 11) is 3.42. The normalized spacial score (nSPS) is 19.2. The van der Waals surface area contributed by atoms with Gasteiger partial charge >= 0.3 is 0 Å². The predicted octanol–water partition coefficient (Wildman–Crippen LogP) is 4.51. The molecule has 0 spiro atoms. The van der Waals surface area contributed by atoms with E-state index < -0.39 is 5.92 Å². The van der Waals surface area contributed by atoms with Gasteiger partial charge in [0, 0.05) is 41.1 Å². The number of thiophene rings is 1. The van der Waals surface area contributed by atoms with Crippen LogP contribution in [-0.4, -0.2) is 33.1 Å². The van der Waals surface area contributed by atoms with E-state index in [1.54, 1.807) is 30.2 Å². The minimum Gasteiger partial charge on any atom is -0.497 e. The molecule has 0 radical (unpaired) electrons. The zero-order chi connectivity index (χ0) is 26.3. The van der Waals surface area contributed by atoms with Crippen molar-refractivity contribution in [3.63, 3.8) is 0 Å². The molecule has 1 aliphatic carbocycles. The maximum Gasteiger partial charge on any atom is 0.209 e. The molecule has 1 atom stereocenters. The van der Waals surface area contributed by atoms with Crippen LogP contribution in [0.15, 0.2) is 63.5 Å². The number of Topliss-reactive ketones (excluding diaryl/α,β-unsaturated/α-hetero) is 1. The molecule has 0 amide bonds. The highest BCUT2D eigenvalue weighted by atomic mass is 32.2. The van der Waals surface area contributed by atoms with Gasteiger partial charge in [0.15, 0.2) is 5.78 Å². The molecule has 2 N–H and O–H groups in total. The number of allylic oxidation sites excluding steroid dienone is 3. The number of anilines is 1. The number of ether oxygens (including phenoxy) is 1. The molecular weight excluding hydrogens is 506 g/mol. The third-order valence-corrected chi connectivity index (χ3v) is 8.75. The average Bonchev–Trinajstić information content (AvgIpc) is 3.50. The Bertz CT molecular complexity index is 1460. The second-order valence-corrected chi connectivity index (χ2v) is 11.8. The summed E-state index contributed by atoms with van der Waals surface area (Å²) in [6, 6.07) is 11.9. The minimum absolute atomic E-state index is 0.0597. The van der Waals surface area contributed by atoms with Crippen molar-refractivity contribution in [2.45, 2.75) is 43.5 Å². The second-order valence-electron chi connectivity index (χ2n) is 9.91. The molecule has 2 aliphatic rings. The number of carbonyl (C=O) groups excluding carboxylic acids is 1. The van der Waals surface area contributed by atoms with Crippen LogP contribution < -0.4 is 15.4 Å². The first-order valence-corrected chi connectivity index (χ1v) is 13.6. The molecule has 37 heavy (non-hydrogen) atoms. The van der Waals surface area contributed by atoms with Crippen LogP contribution in [-0.2, 0) is 17.6 Å². The minimum atomic E-state index is -0.488. The van der Waals surface area contributed by atoms with Gasteiger partial charge in [0.05, 0.1) is 24.7 Å². The van der Waals surface area contributed by atoms with Crippen LogP contribution >= 0.6 is 23.1 Å². The molecule has 0 bridgehead atoms. The van der Waals surface area contributed by atoms with Crippen LogP contribution in [0.5, 0.6) is 5.75 Å². The van der Waals surface area contributed by atoms with Crippen LogP contribution in [0.1, 0.15) is 43.0 Å². The van der Waals surface area contributed by atoms with Crippen LogP contribution in [0.4, 0.5) is 5.69 Å². The predicted molar refractivity (Wildman–Crippen MR) is 143 cm³/mol. The van der Waals surface area contributed by atoms with Gasteiger partial charge in [-0.3, -0.25) is 9.69 Å². The fourth-order valence-electron chi connectivity index (χ4n) is 4.93. The largest absolute Gasteiger partial charge is 0.497 e. The summed E-state index contributed by atoms with van der Waals surface area (Å²) in [5.41, 5.74) is 10.3. The highest BCUT2D eigenvalue weighted by molar-refractivity contribution is 7.98. The highest BCUT2D eigenvalue weighted by Crippen LogP contribution is 2.51. The van der Waals surface area contributed by atoms with Gasteiger partial charge in [-0.05, 0) is 63.5 Å². The third kappa shape index (κ3) is 4.63. The number of nitrogens with zero attached hydrogens (tertiary/aromatic N) is 6. The van der Waals surface area contributed by atoms with Gasteiger partial charge in [-0.25, -0.2) is 4.68 Å². The topological polar surface area (TPSA) is 123 Å². The third-order valence-electron chi connectivity index (χ3n) is 6.62. The van der Waals surface area contributed by atoms with Crippen LogP contribution in [0.3, 0.4) is 0 Å². The second kappa shape index (κ2) is 9.68. The molecule has 3 heterocycles. The number of hydrogen-bond acceptors (Lipinski definition) is 10. The monoisotopic (exact) mass is 533 g/mol. The van der Waals surface area contributed by atoms with Gasteiger partial charge in [0.1, 0.15) is 11.6 Å². The van der Waals surface area contributed by atoms with E-state index >= 15 is 0 Å². The SMILES string of the molecule is COc1ccc(N2C(N)=C(C#N)C(c3cc(CSc4nnnn4C)cs3)C3=C2CC(C)(C)CC3=O)cc1. The zero-order valence-electron chi connectivity index (χ0n) is 21.1. The van der Waals surface area contributed by atoms with Crippen molar-refractivity contribution in [1.29, 1.82) is 5.26 Å². The van der Waals surface area contributed by atoms with Crippen molar-refractivity contribution in [1.82, 2.24) is 20.2 Å². The molecule has 0 fully saturated rings. The van der Waals surface area contributed by atoms with Crippen molar-refractivity contribution < 1.29 is 9.53 Å². The summed E-state index contributed by atoms with van der Waals surface area (Å²) in [5, 5.41) is 24.6. The van der Waals surface area contributed by atoms with E-state index in [-0.39, 0.29) is 11.2 Å². The zero-order valence-corrected chi connectivity index (χ0v) is 22.7. The van der Waals surface area contributed by atoms with Crippen molar-refractivity contribution in [2.24, 2.45) is 18.2 Å². The Labute approximate surface area is 223 Å². The van der Waals surface area contributed by atoms with Crippen molar-refractivity contribution >= 4 is 34.6 Å². The lowest BCUT2D eigenvalue weighted by atomic mass is 9.69. The number of nitriles is 1.